The van der Waals surface area contributed by atoms with E-state index in [-0.39, 0.29) is 6.61 Å². The molecule has 0 aliphatic carbocycles. The van der Waals surface area contributed by atoms with Gasteiger partial charge < -0.3 is 19.9 Å². The van der Waals surface area contributed by atoms with Crippen molar-refractivity contribution in [1.82, 2.24) is 10.2 Å². The molecule has 25 heavy (non-hydrogen) atoms. The number of alkyl carbamates (subject to hydrolysis) is 1. The first-order valence-electron chi connectivity index (χ1n) is 8.68. The minimum absolute atomic E-state index is 0.287. The van der Waals surface area contributed by atoms with Crippen molar-refractivity contribution >= 4 is 11.8 Å². The maximum Gasteiger partial charge on any atom is 0.407 e. The highest BCUT2D eigenvalue weighted by Crippen LogP contribution is 2.17. The van der Waals surface area contributed by atoms with Crippen molar-refractivity contribution in [1.29, 1.82) is 0 Å². The van der Waals surface area contributed by atoms with Gasteiger partial charge in [-0.2, -0.15) is 0 Å². The largest absolute Gasteiger partial charge is 0.445 e. The Balaban J connectivity index is 1.43. The molecule has 3 rings (SSSR count). The molecule has 0 aromatic heterocycles. The van der Waals surface area contributed by atoms with Crippen molar-refractivity contribution in [2.45, 2.75) is 13.2 Å². The van der Waals surface area contributed by atoms with Gasteiger partial charge in [0.25, 0.3) is 0 Å². The van der Waals surface area contributed by atoms with Gasteiger partial charge in [-0.05, 0) is 30.3 Å². The third-order valence-corrected chi connectivity index (χ3v) is 4.45. The summed E-state index contributed by atoms with van der Waals surface area (Å²) >= 11 is 0. The van der Waals surface area contributed by atoms with Crippen molar-refractivity contribution in [3.8, 4) is 0 Å². The molecule has 1 fully saturated rings. The molecule has 1 amide bonds. The van der Waals surface area contributed by atoms with Crippen molar-refractivity contribution in [3.05, 3.63) is 65.7 Å². The zero-order valence-corrected chi connectivity index (χ0v) is 14.6. The van der Waals surface area contributed by atoms with Crippen molar-refractivity contribution in [2.24, 2.45) is 0 Å². The summed E-state index contributed by atoms with van der Waals surface area (Å²) in [5, 5.41) is 2.79. The van der Waals surface area contributed by atoms with Crippen LogP contribution in [-0.2, 0) is 17.9 Å². The van der Waals surface area contributed by atoms with Crippen LogP contribution in [0, 0.1) is 0 Å². The Kier molecular flexibility index (Phi) is 5.90. The predicted octanol–water partition coefficient (Wildman–Crippen LogP) is 2.86. The van der Waals surface area contributed by atoms with Crippen LogP contribution < -0.4 is 10.2 Å². The molecular formula is C20H25N3O2. The molecule has 1 N–H and O–H groups in total. The SMILES string of the molecule is CN1CCN(c2ccc(CNC(=O)OCc3ccccc3)cc2)CC1. The summed E-state index contributed by atoms with van der Waals surface area (Å²) in [6, 6.07) is 18.0. The fourth-order valence-electron chi connectivity index (χ4n) is 2.84. The van der Waals surface area contributed by atoms with Crippen molar-refractivity contribution < 1.29 is 9.53 Å². The molecule has 0 bridgehead atoms. The van der Waals surface area contributed by atoms with Gasteiger partial charge in [0.15, 0.2) is 0 Å². The van der Waals surface area contributed by atoms with E-state index in [1.807, 2.05) is 30.3 Å². The van der Waals surface area contributed by atoms with E-state index in [0.29, 0.717) is 6.54 Å². The highest BCUT2D eigenvalue weighted by molar-refractivity contribution is 5.67. The Bertz CT molecular complexity index is 665. The topological polar surface area (TPSA) is 44.8 Å². The molecule has 5 nitrogen and oxygen atoms in total. The lowest BCUT2D eigenvalue weighted by molar-refractivity contribution is 0.139. The third-order valence-electron chi connectivity index (χ3n) is 4.45. The summed E-state index contributed by atoms with van der Waals surface area (Å²) in [6.07, 6.45) is -0.396. The summed E-state index contributed by atoms with van der Waals surface area (Å²) in [7, 11) is 2.16. The van der Waals surface area contributed by atoms with Crippen LogP contribution in [0.1, 0.15) is 11.1 Å². The van der Waals surface area contributed by atoms with E-state index in [9.17, 15) is 4.79 Å². The second-order valence-corrected chi connectivity index (χ2v) is 6.37. The molecular weight excluding hydrogens is 314 g/mol. The molecule has 1 aliphatic heterocycles. The summed E-state index contributed by atoms with van der Waals surface area (Å²) in [6.45, 7) is 5.05. The number of hydrogen-bond acceptors (Lipinski definition) is 4. The lowest BCUT2D eigenvalue weighted by Crippen LogP contribution is -2.44. The van der Waals surface area contributed by atoms with E-state index >= 15 is 0 Å². The summed E-state index contributed by atoms with van der Waals surface area (Å²) in [5.41, 5.74) is 3.28. The fraction of sp³-hybridized carbons (Fsp3) is 0.350. The lowest BCUT2D eigenvalue weighted by Gasteiger charge is -2.34. The van der Waals surface area contributed by atoms with Crippen LogP contribution >= 0.6 is 0 Å². The van der Waals surface area contributed by atoms with E-state index in [1.54, 1.807) is 0 Å². The Hall–Kier alpha value is -2.53. The third kappa shape index (κ3) is 5.22. The van der Waals surface area contributed by atoms with Crippen LogP contribution in [0.3, 0.4) is 0 Å². The lowest BCUT2D eigenvalue weighted by atomic mass is 10.2. The van der Waals surface area contributed by atoms with Gasteiger partial charge in [-0.25, -0.2) is 4.79 Å². The number of likely N-dealkylation sites (N-methyl/N-ethyl adjacent to an activating group) is 1. The molecule has 2 aromatic rings. The number of anilines is 1. The quantitative estimate of drug-likeness (QED) is 0.910. The number of rotatable bonds is 5. The van der Waals surface area contributed by atoms with Gasteiger partial charge in [0.1, 0.15) is 6.61 Å². The average Bonchev–Trinajstić information content (AvgIpc) is 2.67. The van der Waals surface area contributed by atoms with Gasteiger partial charge in [-0.3, -0.25) is 0 Å². The van der Waals surface area contributed by atoms with E-state index in [1.165, 1.54) is 5.69 Å². The molecule has 0 radical (unpaired) electrons. The van der Waals surface area contributed by atoms with Gasteiger partial charge in [0.05, 0.1) is 0 Å². The van der Waals surface area contributed by atoms with Crippen LogP contribution in [-0.4, -0.2) is 44.2 Å². The second-order valence-electron chi connectivity index (χ2n) is 6.37. The van der Waals surface area contributed by atoms with Crippen LogP contribution in [0.15, 0.2) is 54.6 Å². The maximum atomic E-state index is 11.8. The standard InChI is InChI=1S/C20H25N3O2/c1-22-11-13-23(14-12-22)19-9-7-17(8-10-19)15-21-20(24)25-16-18-5-3-2-4-6-18/h2-10H,11-16H2,1H3,(H,21,24). The normalized spacial score (nSPS) is 15.0. The summed E-state index contributed by atoms with van der Waals surface area (Å²) < 4.78 is 5.22. The molecule has 2 aromatic carbocycles. The minimum atomic E-state index is -0.396. The van der Waals surface area contributed by atoms with E-state index in [2.05, 4.69) is 46.4 Å². The number of carbonyl (C=O) groups is 1. The highest BCUT2D eigenvalue weighted by Gasteiger charge is 2.14. The molecule has 5 heteroatoms. The summed E-state index contributed by atoms with van der Waals surface area (Å²) in [5.74, 6) is 0. The fourth-order valence-corrected chi connectivity index (χ4v) is 2.84. The van der Waals surface area contributed by atoms with Crippen LogP contribution in [0.25, 0.3) is 0 Å². The first-order chi connectivity index (χ1) is 12.2. The van der Waals surface area contributed by atoms with Gasteiger partial charge in [0, 0.05) is 38.4 Å². The van der Waals surface area contributed by atoms with Gasteiger partial charge >= 0.3 is 6.09 Å². The monoisotopic (exact) mass is 339 g/mol. The van der Waals surface area contributed by atoms with Crippen LogP contribution in [0.2, 0.25) is 0 Å². The van der Waals surface area contributed by atoms with Crippen molar-refractivity contribution in [2.75, 3.05) is 38.1 Å². The van der Waals surface area contributed by atoms with E-state index in [4.69, 9.17) is 4.74 Å². The predicted molar refractivity (Wildman–Crippen MR) is 99.6 cm³/mol. The first-order valence-corrected chi connectivity index (χ1v) is 8.68. The highest BCUT2D eigenvalue weighted by atomic mass is 16.5. The minimum Gasteiger partial charge on any atom is -0.445 e. The number of ether oxygens (including phenoxy) is 1. The number of piperazine rings is 1. The van der Waals surface area contributed by atoms with Gasteiger partial charge in [0.2, 0.25) is 0 Å². The van der Waals surface area contributed by atoms with E-state index < -0.39 is 6.09 Å². The molecule has 0 unspecified atom stereocenters. The first kappa shape index (κ1) is 17.3. The van der Waals surface area contributed by atoms with E-state index in [0.717, 1.165) is 37.3 Å². The molecule has 0 spiro atoms. The number of nitrogens with zero attached hydrogens (tertiary/aromatic N) is 2. The summed E-state index contributed by atoms with van der Waals surface area (Å²) in [4.78, 5) is 16.5. The Morgan fingerprint density at radius 3 is 2.32 bits per heavy atom. The molecule has 1 saturated heterocycles. The average molecular weight is 339 g/mol. The smallest absolute Gasteiger partial charge is 0.407 e. The second kappa shape index (κ2) is 8.53. The zero-order chi connectivity index (χ0) is 17.5. The molecule has 132 valence electrons. The Morgan fingerprint density at radius 2 is 1.64 bits per heavy atom. The maximum absolute atomic E-state index is 11.8. The molecule has 1 aliphatic rings. The Morgan fingerprint density at radius 1 is 0.960 bits per heavy atom. The molecule has 0 saturated carbocycles. The number of benzene rings is 2. The Labute approximate surface area is 149 Å². The number of amides is 1. The number of nitrogens with one attached hydrogen (secondary N) is 1. The zero-order valence-electron chi connectivity index (χ0n) is 14.6. The van der Waals surface area contributed by atoms with Gasteiger partial charge in [-0.15, -0.1) is 0 Å². The van der Waals surface area contributed by atoms with Crippen LogP contribution in [0.4, 0.5) is 10.5 Å². The number of carbonyl (C=O) groups excluding carboxylic acids is 1. The molecule has 0 atom stereocenters. The molecule has 1 heterocycles. The van der Waals surface area contributed by atoms with Crippen molar-refractivity contribution in [3.63, 3.8) is 0 Å². The van der Waals surface area contributed by atoms with Gasteiger partial charge in [-0.1, -0.05) is 42.5 Å². The number of hydrogen-bond donors (Lipinski definition) is 1. The van der Waals surface area contributed by atoms with Crippen LogP contribution in [0.5, 0.6) is 0 Å².